The van der Waals surface area contributed by atoms with Gasteiger partial charge in [-0.2, -0.15) is 0 Å². The molecule has 5 heteroatoms. The summed E-state index contributed by atoms with van der Waals surface area (Å²) in [6.45, 7) is 0. The van der Waals surface area contributed by atoms with E-state index >= 15 is 0 Å². The summed E-state index contributed by atoms with van der Waals surface area (Å²) in [7, 11) is 0. The largest absolute Gasteiger partial charge is 0.289 e. The Kier molecular flexibility index (Phi) is 5.34. The molecule has 0 bridgehead atoms. The zero-order chi connectivity index (χ0) is 18.9. The average Bonchev–Trinajstić information content (AvgIpc) is 3.24. The lowest BCUT2D eigenvalue weighted by Gasteiger charge is -2.13. The van der Waals surface area contributed by atoms with E-state index < -0.39 is 0 Å². The fraction of sp³-hybridized carbons (Fsp3) is 0. The number of fused-ring (bicyclic) bond motifs is 1. The van der Waals surface area contributed by atoms with Crippen LogP contribution in [-0.4, -0.2) is 14.5 Å². The molecule has 0 aliphatic rings. The lowest BCUT2D eigenvalue weighted by atomic mass is 10.0. The number of imidazole rings is 1. The Morgan fingerprint density at radius 3 is 1.97 bits per heavy atom. The molecule has 0 N–H and O–H groups in total. The maximum Gasteiger partial charge on any atom is 0.147 e. The van der Waals surface area contributed by atoms with Crippen molar-refractivity contribution < 1.29 is 0 Å². The van der Waals surface area contributed by atoms with E-state index in [1.54, 1.807) is 6.33 Å². The smallest absolute Gasteiger partial charge is 0.147 e. The first-order valence-electron chi connectivity index (χ1n) is 9.05. The van der Waals surface area contributed by atoms with Crippen molar-refractivity contribution in [3.63, 3.8) is 0 Å². The summed E-state index contributed by atoms with van der Waals surface area (Å²) in [6.07, 6.45) is 3.78. The maximum atomic E-state index is 6.67. The van der Waals surface area contributed by atoms with Gasteiger partial charge in [-0.15, -0.1) is 12.4 Å². The Bertz CT molecular complexity index is 1270. The maximum absolute atomic E-state index is 6.67. The predicted molar refractivity (Wildman–Crippen MR) is 122 cm³/mol. The third-order valence-electron chi connectivity index (χ3n) is 4.81. The Balaban J connectivity index is 0.00000205. The summed E-state index contributed by atoms with van der Waals surface area (Å²) in [4.78, 5) is 9.30. The third-order valence-corrected chi connectivity index (χ3v) is 5.08. The van der Waals surface area contributed by atoms with Crippen LogP contribution in [0.1, 0.15) is 0 Å². The van der Waals surface area contributed by atoms with Gasteiger partial charge in [-0.05, 0) is 10.9 Å². The molecule has 2 aromatic heterocycles. The van der Waals surface area contributed by atoms with Crippen molar-refractivity contribution in [3.05, 3.63) is 103 Å². The van der Waals surface area contributed by atoms with Gasteiger partial charge in [0.1, 0.15) is 17.3 Å². The number of hydrogen-bond acceptors (Lipinski definition) is 2. The van der Waals surface area contributed by atoms with Crippen molar-refractivity contribution in [3.8, 4) is 28.2 Å². The zero-order valence-corrected chi connectivity index (χ0v) is 16.9. The van der Waals surface area contributed by atoms with E-state index in [2.05, 4.69) is 29.2 Å². The van der Waals surface area contributed by atoms with Crippen molar-refractivity contribution in [1.82, 2.24) is 14.5 Å². The van der Waals surface area contributed by atoms with Gasteiger partial charge in [-0.1, -0.05) is 96.5 Å². The molecule has 0 saturated heterocycles. The summed E-state index contributed by atoms with van der Waals surface area (Å²) < 4.78 is 1.94. The average molecular weight is 418 g/mol. The van der Waals surface area contributed by atoms with Gasteiger partial charge in [0.05, 0.1) is 5.69 Å². The summed E-state index contributed by atoms with van der Waals surface area (Å²) >= 11 is 6.67. The molecule has 5 aromatic rings. The number of halogens is 2. The van der Waals surface area contributed by atoms with E-state index in [1.165, 1.54) is 0 Å². The first-order valence-corrected chi connectivity index (χ1v) is 9.42. The van der Waals surface area contributed by atoms with Crippen LogP contribution in [0.4, 0.5) is 0 Å². The summed E-state index contributed by atoms with van der Waals surface area (Å²) in [6, 6.07) is 28.4. The van der Waals surface area contributed by atoms with Crippen molar-refractivity contribution in [1.29, 1.82) is 0 Å². The number of rotatable bonds is 3. The summed E-state index contributed by atoms with van der Waals surface area (Å²) in [5, 5.41) is 2.58. The van der Waals surface area contributed by atoms with Crippen molar-refractivity contribution >= 4 is 34.8 Å². The highest BCUT2D eigenvalue weighted by atomic mass is 35.5. The number of benzene rings is 3. The molecule has 0 unspecified atom stereocenters. The van der Waals surface area contributed by atoms with E-state index in [4.69, 9.17) is 16.6 Å². The fourth-order valence-electron chi connectivity index (χ4n) is 3.49. The Morgan fingerprint density at radius 1 is 0.690 bits per heavy atom. The molecule has 3 nitrogen and oxygen atoms in total. The van der Waals surface area contributed by atoms with E-state index in [-0.39, 0.29) is 12.4 Å². The molecule has 0 spiro atoms. The second-order valence-electron chi connectivity index (χ2n) is 6.55. The molecule has 0 aliphatic carbocycles. The van der Waals surface area contributed by atoms with Gasteiger partial charge in [0.2, 0.25) is 0 Å². The van der Waals surface area contributed by atoms with Crippen molar-refractivity contribution in [2.75, 3.05) is 0 Å². The van der Waals surface area contributed by atoms with Crippen molar-refractivity contribution in [2.45, 2.75) is 0 Å². The lowest BCUT2D eigenvalue weighted by molar-refractivity contribution is 1.01. The van der Waals surface area contributed by atoms with Crippen LogP contribution in [0.3, 0.4) is 0 Å². The molecule has 0 atom stereocenters. The minimum atomic E-state index is 0. The summed E-state index contributed by atoms with van der Waals surface area (Å²) in [5.74, 6) is 0.773. The van der Waals surface area contributed by atoms with E-state index in [0.29, 0.717) is 5.15 Å². The number of pyridine rings is 1. The normalized spacial score (nSPS) is 10.7. The fourth-order valence-corrected chi connectivity index (χ4v) is 3.78. The number of aromatic nitrogens is 3. The van der Waals surface area contributed by atoms with Crippen LogP contribution in [-0.2, 0) is 0 Å². The van der Waals surface area contributed by atoms with Gasteiger partial charge < -0.3 is 0 Å². The monoisotopic (exact) mass is 417 g/mol. The first-order chi connectivity index (χ1) is 13.8. The second kappa shape index (κ2) is 8.08. The Morgan fingerprint density at radius 2 is 1.28 bits per heavy atom. The molecule has 0 saturated carbocycles. The minimum absolute atomic E-state index is 0. The van der Waals surface area contributed by atoms with Crippen LogP contribution in [0.5, 0.6) is 0 Å². The molecule has 0 amide bonds. The molecule has 29 heavy (non-hydrogen) atoms. The zero-order valence-electron chi connectivity index (χ0n) is 15.4. The van der Waals surface area contributed by atoms with Crippen molar-refractivity contribution in [2.24, 2.45) is 0 Å². The predicted octanol–water partition coefficient (Wildman–Crippen LogP) is 6.83. The van der Waals surface area contributed by atoms with E-state index in [9.17, 15) is 0 Å². The molecular weight excluding hydrogens is 401 g/mol. The van der Waals surface area contributed by atoms with Crippen LogP contribution >= 0.6 is 24.0 Å². The van der Waals surface area contributed by atoms with Crippen LogP contribution in [0.2, 0.25) is 5.15 Å². The molecule has 3 aromatic carbocycles. The molecule has 0 radical (unpaired) electrons. The van der Waals surface area contributed by atoms with Crippen LogP contribution in [0.15, 0.2) is 97.5 Å². The molecule has 2 heterocycles. The van der Waals surface area contributed by atoms with Crippen LogP contribution in [0, 0.1) is 0 Å². The molecule has 0 aliphatic heterocycles. The summed E-state index contributed by atoms with van der Waals surface area (Å²) in [5.41, 5.74) is 3.97. The highest BCUT2D eigenvalue weighted by molar-refractivity contribution is 6.34. The second-order valence-corrected chi connectivity index (χ2v) is 6.90. The first kappa shape index (κ1) is 19.2. The molecule has 142 valence electrons. The lowest BCUT2D eigenvalue weighted by Crippen LogP contribution is -1.98. The van der Waals surface area contributed by atoms with Gasteiger partial charge in [-0.3, -0.25) is 4.57 Å². The van der Waals surface area contributed by atoms with Gasteiger partial charge >= 0.3 is 0 Å². The van der Waals surface area contributed by atoms with E-state index in [0.717, 1.165) is 39.0 Å². The topological polar surface area (TPSA) is 30.7 Å². The number of nitrogens with zero attached hydrogens (tertiary/aromatic N) is 3. The van der Waals surface area contributed by atoms with Gasteiger partial charge in [0.15, 0.2) is 0 Å². The number of hydrogen-bond donors (Lipinski definition) is 0. The Labute approximate surface area is 180 Å². The van der Waals surface area contributed by atoms with E-state index in [1.807, 2.05) is 71.4 Å². The van der Waals surface area contributed by atoms with Gasteiger partial charge in [-0.25, -0.2) is 9.97 Å². The Hall–Kier alpha value is -3.14. The third kappa shape index (κ3) is 3.51. The van der Waals surface area contributed by atoms with Gasteiger partial charge in [0, 0.05) is 22.7 Å². The minimum Gasteiger partial charge on any atom is -0.289 e. The molecular formula is C24H17Cl2N3. The van der Waals surface area contributed by atoms with Gasteiger partial charge in [0.25, 0.3) is 0 Å². The molecule has 5 rings (SSSR count). The SMILES string of the molecule is Cl.Clc1nc(-n2cnc(-c3ccccc3)c2)c2ccccc2c1-c1ccccc1. The standard InChI is InChI=1S/C24H16ClN3.ClH/c25-23-22(18-11-5-2-6-12-18)19-13-7-8-14-20(19)24(27-23)28-15-21(26-16-28)17-9-3-1-4-10-17;/h1-16H;1H. The highest BCUT2D eigenvalue weighted by Crippen LogP contribution is 2.36. The highest BCUT2D eigenvalue weighted by Gasteiger charge is 2.15. The van der Waals surface area contributed by atoms with Crippen LogP contribution < -0.4 is 0 Å². The van der Waals surface area contributed by atoms with Crippen LogP contribution in [0.25, 0.3) is 39.0 Å². The molecule has 0 fully saturated rings. The quantitative estimate of drug-likeness (QED) is 0.301.